The first-order valence-corrected chi connectivity index (χ1v) is 16.0. The molecule has 1 amide bonds. The van der Waals surface area contributed by atoms with Gasteiger partial charge in [0, 0.05) is 21.1 Å². The minimum Gasteiger partial charge on any atom is -0.494 e. The summed E-state index contributed by atoms with van der Waals surface area (Å²) in [7, 11) is 0. The van der Waals surface area contributed by atoms with Crippen LogP contribution in [-0.2, 0) is 20.7 Å². The predicted molar refractivity (Wildman–Crippen MR) is 171 cm³/mol. The number of nitrogens with one attached hydrogen (secondary N) is 1. The minimum absolute atomic E-state index is 0.305. The number of hydrogen-bond acceptors (Lipinski definition) is 7. The molecule has 4 aromatic rings. The molecule has 0 aliphatic rings. The summed E-state index contributed by atoms with van der Waals surface area (Å²) in [6, 6.07) is 25.6. The second-order valence-corrected chi connectivity index (χ2v) is 13.0. The molecular formula is C34H39NO5S2. The van der Waals surface area contributed by atoms with Crippen LogP contribution >= 0.6 is 22.7 Å². The van der Waals surface area contributed by atoms with Gasteiger partial charge in [0.25, 0.3) is 0 Å². The molecule has 0 bridgehead atoms. The van der Waals surface area contributed by atoms with Crippen molar-refractivity contribution in [2.45, 2.75) is 64.5 Å². The van der Waals surface area contributed by atoms with Crippen molar-refractivity contribution < 1.29 is 23.8 Å². The predicted octanol–water partition coefficient (Wildman–Crippen LogP) is 8.76. The number of benzene rings is 2. The van der Waals surface area contributed by atoms with Gasteiger partial charge in [-0.05, 0) is 105 Å². The maximum absolute atomic E-state index is 12.8. The summed E-state index contributed by atoms with van der Waals surface area (Å²) in [5.41, 5.74) is 1.47. The van der Waals surface area contributed by atoms with Crippen LogP contribution in [0.3, 0.4) is 0 Å². The topological polar surface area (TPSA) is 73.9 Å². The molecule has 2 aromatic carbocycles. The summed E-state index contributed by atoms with van der Waals surface area (Å²) in [6.45, 7) is 6.29. The minimum atomic E-state index is -0.815. The summed E-state index contributed by atoms with van der Waals surface area (Å²) in [5.74, 6) is 0.409. The lowest BCUT2D eigenvalue weighted by Crippen LogP contribution is -2.45. The van der Waals surface area contributed by atoms with Gasteiger partial charge >= 0.3 is 12.1 Å². The Balaban J connectivity index is 1.13. The Morgan fingerprint density at radius 1 is 0.786 bits per heavy atom. The van der Waals surface area contributed by atoms with Crippen LogP contribution in [0, 0.1) is 0 Å². The number of amides is 1. The Morgan fingerprint density at radius 2 is 1.50 bits per heavy atom. The fourth-order valence-corrected chi connectivity index (χ4v) is 6.12. The van der Waals surface area contributed by atoms with E-state index in [1.165, 1.54) is 20.2 Å². The molecule has 0 saturated heterocycles. The first-order chi connectivity index (χ1) is 20.3. The maximum Gasteiger partial charge on any atom is 0.408 e. The molecule has 8 heteroatoms. The van der Waals surface area contributed by atoms with Crippen molar-refractivity contribution in [3.63, 3.8) is 0 Å². The van der Waals surface area contributed by atoms with Gasteiger partial charge in [0.1, 0.15) is 17.4 Å². The van der Waals surface area contributed by atoms with Gasteiger partial charge in [0.15, 0.2) is 0 Å². The van der Waals surface area contributed by atoms with Gasteiger partial charge in [-0.25, -0.2) is 9.59 Å². The number of alkyl carbamates (subject to hydrolysis) is 1. The van der Waals surface area contributed by atoms with E-state index in [1.54, 1.807) is 43.4 Å². The Bertz CT molecular complexity index is 1380. The molecule has 1 N–H and O–H groups in total. The van der Waals surface area contributed by atoms with Crippen LogP contribution in [0.2, 0.25) is 0 Å². The first-order valence-electron chi connectivity index (χ1n) is 14.3. The van der Waals surface area contributed by atoms with E-state index in [1.807, 2.05) is 42.5 Å². The average molecular weight is 606 g/mol. The number of rotatable bonds is 14. The molecular weight excluding hydrogens is 567 g/mol. The van der Waals surface area contributed by atoms with Crippen molar-refractivity contribution in [2.75, 3.05) is 13.2 Å². The Kier molecular flexibility index (Phi) is 11.6. The number of hydrogen-bond donors (Lipinski definition) is 1. The molecule has 6 nitrogen and oxygen atoms in total. The SMILES string of the molecule is CC(C)(C)OC(=O)N[C@@H](Cc1ccccc1)C(=O)OCCCCCCOc1ccc(-c2ccc(-c3cccs3)s2)cc1. The number of carbonyl (C=O) groups excluding carboxylic acids is 2. The lowest BCUT2D eigenvalue weighted by atomic mass is 10.1. The molecule has 222 valence electrons. The monoisotopic (exact) mass is 605 g/mol. The standard InChI is InChI=1S/C34H39NO5S2/c1-34(2,3)40-33(37)35-28(24-25-12-7-6-8-13-25)32(36)39-22-10-5-4-9-21-38-27-17-15-26(16-18-27)29-19-20-31(42-29)30-14-11-23-41-30/h6-8,11-20,23,28H,4-5,9-10,21-22,24H2,1-3H3,(H,35,37)/t28-/m0/s1. The van der Waals surface area contributed by atoms with Gasteiger partial charge < -0.3 is 19.5 Å². The molecule has 1 atom stereocenters. The molecule has 0 radical (unpaired) electrons. The number of ether oxygens (including phenoxy) is 3. The zero-order chi connectivity index (χ0) is 29.8. The van der Waals surface area contributed by atoms with E-state index < -0.39 is 23.7 Å². The summed E-state index contributed by atoms with van der Waals surface area (Å²) >= 11 is 3.56. The molecule has 0 aliphatic carbocycles. The van der Waals surface area contributed by atoms with Crippen LogP contribution in [0.15, 0.2) is 84.2 Å². The van der Waals surface area contributed by atoms with E-state index in [-0.39, 0.29) is 0 Å². The van der Waals surface area contributed by atoms with Gasteiger partial charge in [-0.2, -0.15) is 0 Å². The first kappa shape index (κ1) is 31.3. The van der Waals surface area contributed by atoms with E-state index in [4.69, 9.17) is 14.2 Å². The van der Waals surface area contributed by atoms with Crippen molar-refractivity contribution in [1.29, 1.82) is 0 Å². The Hall–Kier alpha value is -3.62. The quantitative estimate of drug-likeness (QED) is 0.115. The van der Waals surface area contributed by atoms with Crippen molar-refractivity contribution in [3.8, 4) is 25.9 Å². The van der Waals surface area contributed by atoms with E-state index in [9.17, 15) is 9.59 Å². The fourth-order valence-electron chi connectivity index (χ4n) is 4.27. The number of unbranched alkanes of at least 4 members (excludes halogenated alkanes) is 3. The summed E-state index contributed by atoms with van der Waals surface area (Å²) in [4.78, 5) is 28.9. The molecule has 2 aromatic heterocycles. The average Bonchev–Trinajstić information content (AvgIpc) is 3.67. The Labute approximate surface area is 256 Å². The van der Waals surface area contributed by atoms with Crippen molar-refractivity contribution in [3.05, 3.63) is 89.8 Å². The highest BCUT2D eigenvalue weighted by Crippen LogP contribution is 2.36. The molecule has 2 heterocycles. The van der Waals surface area contributed by atoms with Gasteiger partial charge in [-0.3, -0.25) is 0 Å². The second-order valence-electron chi connectivity index (χ2n) is 11.0. The third kappa shape index (κ3) is 10.3. The number of carbonyl (C=O) groups is 2. The second kappa shape index (κ2) is 15.6. The highest BCUT2D eigenvalue weighted by atomic mass is 32.1. The van der Waals surface area contributed by atoms with Crippen LogP contribution in [-0.4, -0.2) is 36.9 Å². The summed E-state index contributed by atoms with van der Waals surface area (Å²) < 4.78 is 16.8. The largest absolute Gasteiger partial charge is 0.494 e. The zero-order valence-electron chi connectivity index (χ0n) is 24.5. The highest BCUT2D eigenvalue weighted by Gasteiger charge is 2.25. The van der Waals surface area contributed by atoms with Crippen LogP contribution in [0.1, 0.15) is 52.0 Å². The maximum atomic E-state index is 12.8. The molecule has 0 spiro atoms. The molecule has 0 unspecified atom stereocenters. The van der Waals surface area contributed by atoms with Gasteiger partial charge in [-0.15, -0.1) is 22.7 Å². The van der Waals surface area contributed by atoms with E-state index in [0.29, 0.717) is 19.6 Å². The smallest absolute Gasteiger partial charge is 0.408 e. The zero-order valence-corrected chi connectivity index (χ0v) is 26.1. The van der Waals surface area contributed by atoms with E-state index >= 15 is 0 Å². The van der Waals surface area contributed by atoms with Gasteiger partial charge in [-0.1, -0.05) is 36.4 Å². The highest BCUT2D eigenvalue weighted by molar-refractivity contribution is 7.23. The van der Waals surface area contributed by atoms with Crippen molar-refractivity contribution >= 4 is 34.7 Å². The lowest BCUT2D eigenvalue weighted by Gasteiger charge is -2.23. The van der Waals surface area contributed by atoms with E-state index in [2.05, 4.69) is 47.1 Å². The van der Waals surface area contributed by atoms with Gasteiger partial charge in [0.2, 0.25) is 0 Å². The summed E-state index contributed by atoms with van der Waals surface area (Å²) in [6.07, 6.45) is 3.26. The number of thiophene rings is 2. The summed E-state index contributed by atoms with van der Waals surface area (Å²) in [5, 5.41) is 4.78. The Morgan fingerprint density at radius 3 is 2.19 bits per heavy atom. The van der Waals surface area contributed by atoms with Crippen molar-refractivity contribution in [1.82, 2.24) is 5.32 Å². The number of esters is 1. The fraction of sp³-hybridized carbons (Fsp3) is 0.353. The lowest BCUT2D eigenvalue weighted by molar-refractivity contribution is -0.146. The third-order valence-corrected chi connectivity index (χ3v) is 8.52. The van der Waals surface area contributed by atoms with Crippen molar-refractivity contribution in [2.24, 2.45) is 0 Å². The normalized spacial score (nSPS) is 12.0. The third-order valence-electron chi connectivity index (χ3n) is 6.32. The molecule has 0 aliphatic heterocycles. The van der Waals surface area contributed by atoms with E-state index in [0.717, 1.165) is 37.0 Å². The van der Waals surface area contributed by atoms with Crippen LogP contribution in [0.5, 0.6) is 5.75 Å². The van der Waals surface area contributed by atoms with Crippen LogP contribution in [0.4, 0.5) is 4.79 Å². The molecule has 42 heavy (non-hydrogen) atoms. The van der Waals surface area contributed by atoms with Crippen LogP contribution < -0.4 is 10.1 Å². The molecule has 4 rings (SSSR count). The van der Waals surface area contributed by atoms with Gasteiger partial charge in [0.05, 0.1) is 13.2 Å². The van der Waals surface area contributed by atoms with Crippen LogP contribution in [0.25, 0.3) is 20.2 Å². The molecule has 0 saturated carbocycles. The molecule has 0 fully saturated rings.